The number of carboxylic acid groups (broad SMARTS) is 1. The molecule has 134 valence electrons. The van der Waals surface area contributed by atoms with Gasteiger partial charge in [0.1, 0.15) is 12.1 Å². The van der Waals surface area contributed by atoms with Crippen LogP contribution in [0.5, 0.6) is 0 Å². The van der Waals surface area contributed by atoms with Gasteiger partial charge < -0.3 is 20.8 Å². The molecule has 0 aromatic heterocycles. The maximum atomic E-state index is 12.4. The Morgan fingerprint density at radius 1 is 1.04 bits per heavy atom. The highest BCUT2D eigenvalue weighted by Gasteiger charge is 2.30. The number of nitrogens with one attached hydrogen (secondary N) is 2. The van der Waals surface area contributed by atoms with Gasteiger partial charge in [-0.05, 0) is 25.2 Å². The van der Waals surface area contributed by atoms with Crippen molar-refractivity contribution in [3.8, 4) is 0 Å². The molecule has 0 rings (SSSR count). The summed E-state index contributed by atoms with van der Waals surface area (Å²) in [6.45, 7) is 8.93. The molecule has 7 nitrogen and oxygen atoms in total. The smallest absolute Gasteiger partial charge is 0.326 e. The zero-order valence-corrected chi connectivity index (χ0v) is 14.6. The topological polar surface area (TPSA) is 116 Å². The lowest BCUT2D eigenvalue weighted by Gasteiger charge is -2.26. The van der Waals surface area contributed by atoms with Crippen molar-refractivity contribution < 1.29 is 24.6 Å². The average Bonchev–Trinajstić information content (AvgIpc) is 2.41. The first-order chi connectivity index (χ1) is 10.6. The van der Waals surface area contributed by atoms with E-state index >= 15 is 0 Å². The van der Waals surface area contributed by atoms with Crippen molar-refractivity contribution in [2.75, 3.05) is 0 Å². The molecule has 0 bridgehead atoms. The molecular formula is C16H30N2O5. The maximum absolute atomic E-state index is 12.4. The lowest BCUT2D eigenvalue weighted by atomic mass is 9.96. The van der Waals surface area contributed by atoms with E-state index in [1.165, 1.54) is 6.92 Å². The second kappa shape index (κ2) is 10.2. The highest BCUT2D eigenvalue weighted by Crippen LogP contribution is 2.11. The second-order valence-electron chi connectivity index (χ2n) is 6.51. The number of carbonyl (C=O) groups excluding carboxylic acids is 2. The van der Waals surface area contributed by atoms with Gasteiger partial charge in [0.05, 0.1) is 12.5 Å². The Balaban J connectivity index is 4.98. The first-order valence-corrected chi connectivity index (χ1v) is 8.09. The highest BCUT2D eigenvalue weighted by molar-refractivity contribution is 5.90. The van der Waals surface area contributed by atoms with E-state index in [-0.39, 0.29) is 18.3 Å². The van der Waals surface area contributed by atoms with Crippen LogP contribution in [-0.4, -0.2) is 46.2 Å². The van der Waals surface area contributed by atoms with Gasteiger partial charge in [-0.2, -0.15) is 0 Å². The molecular weight excluding hydrogens is 300 g/mol. The monoisotopic (exact) mass is 330 g/mol. The van der Waals surface area contributed by atoms with E-state index in [1.807, 2.05) is 27.7 Å². The average molecular weight is 330 g/mol. The molecule has 2 amide bonds. The Morgan fingerprint density at radius 3 is 2.00 bits per heavy atom. The van der Waals surface area contributed by atoms with Crippen LogP contribution in [0.1, 0.15) is 53.9 Å². The van der Waals surface area contributed by atoms with Gasteiger partial charge >= 0.3 is 5.97 Å². The summed E-state index contributed by atoms with van der Waals surface area (Å²) in [6.07, 6.45) is 0.0581. The minimum Gasteiger partial charge on any atom is -0.480 e. The van der Waals surface area contributed by atoms with E-state index in [4.69, 9.17) is 0 Å². The molecule has 23 heavy (non-hydrogen) atoms. The second-order valence-corrected chi connectivity index (χ2v) is 6.51. The molecule has 4 N–H and O–H groups in total. The molecule has 0 saturated heterocycles. The Morgan fingerprint density at radius 2 is 1.61 bits per heavy atom. The Kier molecular flexibility index (Phi) is 9.48. The Hall–Kier alpha value is -1.63. The predicted octanol–water partition coefficient (Wildman–Crippen LogP) is 0.904. The number of aliphatic carboxylic acids is 1. The standard InChI is InChI=1S/C16H30N2O5/c1-6-10(4)14(18-13(20)8-11(5)19)15(21)17-12(16(22)23)7-9(2)3/h9-12,14,19H,6-8H2,1-5H3,(H,17,21)(H,18,20)(H,22,23). The first kappa shape index (κ1) is 21.4. The van der Waals surface area contributed by atoms with Gasteiger partial charge in [-0.1, -0.05) is 34.1 Å². The summed E-state index contributed by atoms with van der Waals surface area (Å²) in [5.41, 5.74) is 0. The fourth-order valence-corrected chi connectivity index (χ4v) is 2.16. The van der Waals surface area contributed by atoms with Crippen molar-refractivity contribution in [3.05, 3.63) is 0 Å². The largest absolute Gasteiger partial charge is 0.480 e. The van der Waals surface area contributed by atoms with Gasteiger partial charge in [0, 0.05) is 0 Å². The molecule has 0 aromatic rings. The summed E-state index contributed by atoms with van der Waals surface area (Å²) in [7, 11) is 0. The quantitative estimate of drug-likeness (QED) is 0.475. The molecule has 0 radical (unpaired) electrons. The van der Waals surface area contributed by atoms with Crippen LogP contribution in [-0.2, 0) is 14.4 Å². The number of aliphatic hydroxyl groups excluding tert-OH is 1. The van der Waals surface area contributed by atoms with Gasteiger partial charge in [-0.25, -0.2) is 4.79 Å². The van der Waals surface area contributed by atoms with Crippen LogP contribution in [0.3, 0.4) is 0 Å². The number of rotatable bonds is 10. The van der Waals surface area contributed by atoms with Crippen molar-refractivity contribution >= 4 is 17.8 Å². The van der Waals surface area contributed by atoms with E-state index in [0.717, 1.165) is 0 Å². The summed E-state index contributed by atoms with van der Waals surface area (Å²) >= 11 is 0. The normalized spacial score (nSPS) is 16.3. The predicted molar refractivity (Wildman–Crippen MR) is 86.7 cm³/mol. The Labute approximate surface area is 137 Å². The molecule has 0 heterocycles. The zero-order valence-electron chi connectivity index (χ0n) is 14.6. The molecule has 4 unspecified atom stereocenters. The molecule has 0 spiro atoms. The molecule has 0 saturated carbocycles. The number of hydrogen-bond acceptors (Lipinski definition) is 4. The molecule has 7 heteroatoms. The third-order valence-electron chi connectivity index (χ3n) is 3.61. The molecule has 0 fully saturated rings. The third kappa shape index (κ3) is 8.54. The SMILES string of the molecule is CCC(C)C(NC(=O)CC(C)O)C(=O)NC(CC(C)C)C(=O)O. The van der Waals surface area contributed by atoms with Crippen LogP contribution in [0.2, 0.25) is 0 Å². The number of carboxylic acids is 1. The van der Waals surface area contributed by atoms with Crippen LogP contribution in [0, 0.1) is 11.8 Å². The Bertz CT molecular complexity index is 409. The lowest BCUT2D eigenvalue weighted by molar-refractivity contribution is -0.143. The number of amides is 2. The number of hydrogen-bond donors (Lipinski definition) is 4. The van der Waals surface area contributed by atoms with E-state index in [2.05, 4.69) is 10.6 Å². The first-order valence-electron chi connectivity index (χ1n) is 8.09. The molecule has 0 aromatic carbocycles. The fourth-order valence-electron chi connectivity index (χ4n) is 2.16. The summed E-state index contributed by atoms with van der Waals surface area (Å²) in [5.74, 6) is -2.07. The summed E-state index contributed by atoms with van der Waals surface area (Å²) in [5, 5.41) is 23.6. The maximum Gasteiger partial charge on any atom is 0.326 e. The van der Waals surface area contributed by atoms with E-state index in [9.17, 15) is 24.6 Å². The van der Waals surface area contributed by atoms with Gasteiger partial charge in [0.25, 0.3) is 0 Å². The number of carbonyl (C=O) groups is 3. The minimum atomic E-state index is -1.09. The minimum absolute atomic E-state index is 0.103. The third-order valence-corrected chi connectivity index (χ3v) is 3.61. The highest BCUT2D eigenvalue weighted by atomic mass is 16.4. The van der Waals surface area contributed by atoms with E-state index in [0.29, 0.717) is 12.8 Å². The van der Waals surface area contributed by atoms with Crippen LogP contribution < -0.4 is 10.6 Å². The molecule has 4 atom stereocenters. The van der Waals surface area contributed by atoms with E-state index in [1.54, 1.807) is 0 Å². The van der Waals surface area contributed by atoms with E-state index < -0.39 is 36.0 Å². The fraction of sp³-hybridized carbons (Fsp3) is 0.812. The van der Waals surface area contributed by atoms with Crippen molar-refractivity contribution in [1.82, 2.24) is 10.6 Å². The van der Waals surface area contributed by atoms with Crippen LogP contribution >= 0.6 is 0 Å². The van der Waals surface area contributed by atoms with Gasteiger partial charge in [0.15, 0.2) is 0 Å². The van der Waals surface area contributed by atoms with Crippen molar-refractivity contribution in [3.63, 3.8) is 0 Å². The van der Waals surface area contributed by atoms with Crippen molar-refractivity contribution in [2.24, 2.45) is 11.8 Å². The number of aliphatic hydroxyl groups is 1. The van der Waals surface area contributed by atoms with Crippen molar-refractivity contribution in [1.29, 1.82) is 0 Å². The summed E-state index contributed by atoms with van der Waals surface area (Å²) < 4.78 is 0. The van der Waals surface area contributed by atoms with Crippen LogP contribution in [0.15, 0.2) is 0 Å². The molecule has 0 aliphatic heterocycles. The molecule has 0 aliphatic carbocycles. The summed E-state index contributed by atoms with van der Waals surface area (Å²) in [4.78, 5) is 35.5. The zero-order chi connectivity index (χ0) is 18.2. The summed E-state index contributed by atoms with van der Waals surface area (Å²) in [6, 6.07) is -1.80. The van der Waals surface area contributed by atoms with Crippen LogP contribution in [0.25, 0.3) is 0 Å². The van der Waals surface area contributed by atoms with Gasteiger partial charge in [-0.3, -0.25) is 9.59 Å². The molecule has 0 aliphatic rings. The van der Waals surface area contributed by atoms with Crippen LogP contribution in [0.4, 0.5) is 0 Å². The van der Waals surface area contributed by atoms with Gasteiger partial charge in [-0.15, -0.1) is 0 Å². The van der Waals surface area contributed by atoms with Gasteiger partial charge in [0.2, 0.25) is 11.8 Å². The van der Waals surface area contributed by atoms with Crippen molar-refractivity contribution in [2.45, 2.75) is 72.1 Å². The lowest BCUT2D eigenvalue weighted by Crippen LogP contribution is -2.54.